The van der Waals surface area contributed by atoms with Crippen LogP contribution in [0, 0.1) is 27.9 Å². The summed E-state index contributed by atoms with van der Waals surface area (Å²) in [6.07, 6.45) is 0. The molecule has 0 aromatic heterocycles. The van der Waals surface area contributed by atoms with Crippen molar-refractivity contribution in [1.29, 1.82) is 0 Å². The fourth-order valence-corrected chi connectivity index (χ4v) is 11.3. The van der Waals surface area contributed by atoms with Crippen LogP contribution in [-0.4, -0.2) is 16.2 Å². The van der Waals surface area contributed by atoms with Crippen molar-refractivity contribution in [3.63, 3.8) is 0 Å². The summed E-state index contributed by atoms with van der Waals surface area (Å²) in [5.74, 6) is 0. The molecule has 0 saturated heterocycles. The molecule has 0 saturated carbocycles. The van der Waals surface area contributed by atoms with E-state index in [1.54, 1.807) is 26.8 Å². The molecule has 0 amide bonds. The van der Waals surface area contributed by atoms with E-state index in [-0.39, 0.29) is 0 Å². The first kappa shape index (κ1) is 19.2. The number of hydrogen-bond acceptors (Lipinski definition) is 3. The third kappa shape index (κ3) is 3.18. The molecule has 24 heavy (non-hydrogen) atoms. The zero-order valence-corrected chi connectivity index (χ0v) is 16.2. The Morgan fingerprint density at radius 3 is 1.75 bits per heavy atom. The van der Waals surface area contributed by atoms with Crippen molar-refractivity contribution < 1.29 is 43.6 Å². The number of alkyl halides is 3. The van der Waals surface area contributed by atoms with Gasteiger partial charge in [-0.1, -0.05) is 0 Å². The summed E-state index contributed by atoms with van der Waals surface area (Å²) in [4.78, 5) is 0. The topological polar surface area (TPSA) is 57.2 Å². The molecule has 0 radical (unpaired) electrons. The van der Waals surface area contributed by atoms with E-state index in [1.165, 1.54) is 24.3 Å². The van der Waals surface area contributed by atoms with E-state index in [9.17, 15) is 21.8 Å². The summed E-state index contributed by atoms with van der Waals surface area (Å²) >= 11 is -6.24. The molecule has 8 heteroatoms. The Kier molecular flexibility index (Phi) is 5.04. The summed E-state index contributed by atoms with van der Waals surface area (Å²) in [6.45, 7) is 4.88. The van der Waals surface area contributed by atoms with Gasteiger partial charge in [0.25, 0.3) is 0 Å². The van der Waals surface area contributed by atoms with Gasteiger partial charge in [-0.25, -0.2) is 0 Å². The number of benzene rings is 2. The average molecular weight is 472 g/mol. The van der Waals surface area contributed by atoms with Gasteiger partial charge >= 0.3 is 144 Å². The Bertz CT molecular complexity index is 846. The van der Waals surface area contributed by atoms with Crippen LogP contribution >= 0.6 is 0 Å². The quantitative estimate of drug-likeness (QED) is 0.376. The third-order valence-corrected chi connectivity index (χ3v) is 13.5. The van der Waals surface area contributed by atoms with E-state index >= 15 is 2.86 Å². The van der Waals surface area contributed by atoms with Crippen LogP contribution in [0.1, 0.15) is 16.7 Å². The van der Waals surface area contributed by atoms with Gasteiger partial charge in [-0.2, -0.15) is 0 Å². The zero-order valence-electron chi connectivity index (χ0n) is 13.2. The van der Waals surface area contributed by atoms with Crippen LogP contribution in [0.25, 0.3) is 0 Å². The van der Waals surface area contributed by atoms with Crippen LogP contribution in [-0.2, 0) is 10.1 Å². The predicted octanol–water partition coefficient (Wildman–Crippen LogP) is 0.792. The van der Waals surface area contributed by atoms with E-state index in [1.807, 2.05) is 0 Å². The number of halogens is 4. The van der Waals surface area contributed by atoms with Gasteiger partial charge in [0.1, 0.15) is 0 Å². The minimum atomic E-state index is -6.24. The molecule has 3 nitrogen and oxygen atoms in total. The van der Waals surface area contributed by atoms with Gasteiger partial charge in [0.05, 0.1) is 0 Å². The molecular formula is C16H16F3IO3S-2. The van der Waals surface area contributed by atoms with E-state index in [2.05, 4.69) is 0 Å². The van der Waals surface area contributed by atoms with E-state index in [4.69, 9.17) is 0 Å². The van der Waals surface area contributed by atoms with Crippen LogP contribution in [0.4, 0.5) is 11.6 Å². The van der Waals surface area contributed by atoms with E-state index < -0.39 is 39.5 Å². The van der Waals surface area contributed by atoms with Crippen LogP contribution in [0.2, 0.25) is 0 Å². The molecule has 0 aliphatic heterocycles. The number of hydrogen-bond donors (Lipinski definition) is 0. The third-order valence-electron chi connectivity index (χ3n) is 3.39. The molecule has 0 aliphatic rings. The summed E-state index contributed by atoms with van der Waals surface area (Å²) in [6, 6.07) is 9.17. The summed E-state index contributed by atoms with van der Waals surface area (Å²) in [7, 11) is -6.17. The first-order valence-electron chi connectivity index (χ1n) is 6.85. The molecule has 1 atom stereocenters. The average Bonchev–Trinajstić information content (AvgIpc) is 2.44. The van der Waals surface area contributed by atoms with E-state index in [0.717, 1.165) is 12.1 Å². The number of aryl methyl sites for hydroxylation is 3. The van der Waals surface area contributed by atoms with Crippen molar-refractivity contribution in [3.8, 4) is 0 Å². The first-order chi connectivity index (χ1) is 10.9. The molecule has 134 valence electrons. The summed E-state index contributed by atoms with van der Waals surface area (Å²) in [5, 5.41) is 0. The van der Waals surface area contributed by atoms with Crippen LogP contribution in [0.5, 0.6) is 0 Å². The normalized spacial score (nSPS) is 16.5. The Hall–Kier alpha value is -1.13. The monoisotopic (exact) mass is 472 g/mol. The Morgan fingerprint density at radius 1 is 0.875 bits per heavy atom. The molecule has 0 aliphatic carbocycles. The summed E-state index contributed by atoms with van der Waals surface area (Å²) in [5.41, 5.74) is 1.74. The maximum absolute atomic E-state index is 15.9. The molecule has 2 rings (SSSR count). The van der Waals surface area contributed by atoms with Crippen molar-refractivity contribution in [2.75, 3.05) is 0 Å². The summed E-state index contributed by atoms with van der Waals surface area (Å²) < 4.78 is 72.7. The Morgan fingerprint density at radius 2 is 1.33 bits per heavy atom. The second kappa shape index (κ2) is 6.30. The molecule has 0 fully saturated rings. The molecule has 2 aromatic rings. The van der Waals surface area contributed by atoms with Gasteiger partial charge in [0.2, 0.25) is 0 Å². The Balaban J connectivity index is 2.86. The zero-order chi connectivity index (χ0) is 18.3. The number of rotatable bonds is 4. The standard InChI is InChI=1S/C16H17F3IO3S/c1-11-4-6-14(7-5-11)20(19,16(17,18)24(21,22)23)15-9-12(2)8-13(3)10-15/h4-10H,1-3H3,(H,21,22,23)/q-1/p-1. The van der Waals surface area contributed by atoms with Crippen molar-refractivity contribution in [2.45, 2.75) is 24.0 Å². The Labute approximate surface area is 143 Å². The fraction of sp³-hybridized carbons (Fsp3) is 0.250. The first-order valence-corrected chi connectivity index (χ1v) is 12.3. The molecule has 0 heterocycles. The second-order valence-electron chi connectivity index (χ2n) is 5.50. The van der Waals surface area contributed by atoms with Crippen molar-refractivity contribution in [2.24, 2.45) is 0 Å². The van der Waals surface area contributed by atoms with E-state index in [0.29, 0.717) is 16.7 Å². The molecule has 2 aromatic carbocycles. The fourth-order valence-electron chi connectivity index (χ4n) is 2.29. The van der Waals surface area contributed by atoms with Gasteiger partial charge < -0.3 is 0 Å². The maximum atomic E-state index is 15.9. The van der Waals surface area contributed by atoms with Crippen LogP contribution < -0.4 is 19.0 Å². The van der Waals surface area contributed by atoms with Gasteiger partial charge in [-0.15, -0.1) is 0 Å². The van der Waals surface area contributed by atoms with Crippen molar-refractivity contribution in [1.82, 2.24) is 0 Å². The SMILES string of the molecule is Cc1ccc([I-](F)(c2cc(C)cc(C)c2)C(F)(F)S(=O)(=O)[O-])cc1. The molecular weight excluding hydrogens is 456 g/mol. The minimum absolute atomic E-state index is 0.396. The van der Waals surface area contributed by atoms with Gasteiger partial charge in [-0.3, -0.25) is 0 Å². The second-order valence-corrected chi connectivity index (χ2v) is 14.3. The van der Waals surface area contributed by atoms with Crippen molar-refractivity contribution in [3.05, 3.63) is 66.3 Å². The van der Waals surface area contributed by atoms with Gasteiger partial charge in [0, 0.05) is 0 Å². The molecule has 0 bridgehead atoms. The van der Waals surface area contributed by atoms with Gasteiger partial charge in [0.15, 0.2) is 0 Å². The van der Waals surface area contributed by atoms with Crippen molar-refractivity contribution >= 4 is 10.1 Å². The molecule has 0 spiro atoms. The van der Waals surface area contributed by atoms with Gasteiger partial charge in [-0.05, 0) is 0 Å². The van der Waals surface area contributed by atoms with Crippen LogP contribution in [0.3, 0.4) is 0 Å². The molecule has 1 unspecified atom stereocenters. The predicted molar refractivity (Wildman–Crippen MR) is 80.2 cm³/mol. The van der Waals surface area contributed by atoms with Crippen LogP contribution in [0.15, 0.2) is 42.5 Å². The molecule has 0 N–H and O–H groups in total.